The third-order valence-corrected chi connectivity index (χ3v) is 4.41. The number of hydrogen-bond acceptors (Lipinski definition) is 3. The van der Waals surface area contributed by atoms with Gasteiger partial charge in [0, 0.05) is 39.0 Å². The average molecular weight is 367 g/mol. The second kappa shape index (κ2) is 6.97. The summed E-state index contributed by atoms with van der Waals surface area (Å²) >= 11 is 0. The number of alkyl halides is 3. The summed E-state index contributed by atoms with van der Waals surface area (Å²) in [5.74, 6) is 0.979. The van der Waals surface area contributed by atoms with Crippen LogP contribution in [0, 0.1) is 12.8 Å². The predicted octanol–water partition coefficient (Wildman–Crippen LogP) is 3.33. The number of carbonyl (C=O) groups excluding carboxylic acids is 1. The first kappa shape index (κ1) is 18.2. The van der Waals surface area contributed by atoms with Crippen molar-refractivity contribution in [3.63, 3.8) is 0 Å². The summed E-state index contributed by atoms with van der Waals surface area (Å²) < 4.78 is 39.9. The Morgan fingerprint density at radius 1 is 1.42 bits per heavy atom. The van der Waals surface area contributed by atoms with E-state index in [4.69, 9.17) is 0 Å². The lowest BCUT2D eigenvalue weighted by atomic mass is 9.99. The van der Waals surface area contributed by atoms with Gasteiger partial charge in [-0.25, -0.2) is 14.8 Å². The quantitative estimate of drug-likeness (QED) is 0.905. The van der Waals surface area contributed by atoms with Crippen molar-refractivity contribution in [3.8, 4) is 0 Å². The second-order valence-corrected chi connectivity index (χ2v) is 6.63. The third-order valence-electron chi connectivity index (χ3n) is 4.41. The van der Waals surface area contributed by atoms with Gasteiger partial charge < -0.3 is 9.47 Å². The molecule has 3 heterocycles. The molecule has 0 aliphatic carbocycles. The lowest BCUT2D eigenvalue weighted by Crippen LogP contribution is -2.38. The highest BCUT2D eigenvalue weighted by Gasteiger charge is 2.36. The number of amides is 2. The Labute approximate surface area is 149 Å². The van der Waals surface area contributed by atoms with Gasteiger partial charge in [0.05, 0.1) is 0 Å². The van der Waals surface area contributed by atoms with Crippen molar-refractivity contribution < 1.29 is 18.0 Å². The van der Waals surface area contributed by atoms with Gasteiger partial charge in [-0.3, -0.25) is 5.32 Å². The van der Waals surface area contributed by atoms with E-state index in [1.807, 2.05) is 13.0 Å². The van der Waals surface area contributed by atoms with E-state index in [2.05, 4.69) is 15.3 Å². The minimum absolute atomic E-state index is 0.0690. The molecule has 0 saturated heterocycles. The van der Waals surface area contributed by atoms with Crippen LogP contribution in [0.2, 0.25) is 0 Å². The first-order valence-corrected chi connectivity index (χ1v) is 8.30. The molecule has 2 aromatic rings. The molecule has 3 rings (SSSR count). The van der Waals surface area contributed by atoms with Crippen molar-refractivity contribution in [1.29, 1.82) is 0 Å². The summed E-state index contributed by atoms with van der Waals surface area (Å²) in [7, 11) is 1.66. The average Bonchev–Trinajstić information content (AvgIpc) is 3.00. The largest absolute Gasteiger partial charge is 0.434 e. The van der Waals surface area contributed by atoms with Crippen LogP contribution in [0.25, 0.3) is 0 Å². The molecule has 1 N–H and O–H groups in total. The Morgan fingerprint density at radius 3 is 2.85 bits per heavy atom. The van der Waals surface area contributed by atoms with Gasteiger partial charge in [0.1, 0.15) is 11.6 Å². The van der Waals surface area contributed by atoms with Gasteiger partial charge in [-0.1, -0.05) is 6.07 Å². The molecule has 0 unspecified atom stereocenters. The van der Waals surface area contributed by atoms with Crippen LogP contribution in [0.5, 0.6) is 0 Å². The van der Waals surface area contributed by atoms with E-state index in [9.17, 15) is 18.0 Å². The van der Waals surface area contributed by atoms with Crippen molar-refractivity contribution in [2.45, 2.75) is 32.5 Å². The molecule has 2 aromatic heterocycles. The number of nitrogens with one attached hydrogen (secondary N) is 1. The van der Waals surface area contributed by atoms with Crippen molar-refractivity contribution in [2.24, 2.45) is 5.92 Å². The number of fused-ring (bicyclic) bond motifs is 1. The first-order valence-electron chi connectivity index (χ1n) is 8.30. The minimum Gasteiger partial charge on any atom is -0.334 e. The Bertz CT molecular complexity index is 785. The first-order chi connectivity index (χ1) is 12.2. The highest BCUT2D eigenvalue weighted by atomic mass is 19.4. The topological polar surface area (TPSA) is 63.1 Å². The van der Waals surface area contributed by atoms with E-state index >= 15 is 0 Å². The summed E-state index contributed by atoms with van der Waals surface area (Å²) in [4.78, 5) is 21.6. The molecule has 9 heteroatoms. The smallest absolute Gasteiger partial charge is 0.334 e. The molecule has 0 fully saturated rings. The number of nitrogens with zero attached hydrogens (tertiary/aromatic N) is 4. The number of anilines is 1. The zero-order valence-electron chi connectivity index (χ0n) is 14.5. The van der Waals surface area contributed by atoms with E-state index in [-0.39, 0.29) is 11.9 Å². The number of aryl methyl sites for hydroxylation is 2. The minimum atomic E-state index is -4.43. The molecule has 1 aliphatic rings. The zero-order valence-corrected chi connectivity index (χ0v) is 14.5. The van der Waals surface area contributed by atoms with Crippen LogP contribution in [0.4, 0.5) is 23.8 Å². The molecule has 6 nitrogen and oxygen atoms in total. The summed E-state index contributed by atoms with van der Waals surface area (Å²) in [6, 6.07) is 3.27. The van der Waals surface area contributed by atoms with E-state index in [1.54, 1.807) is 23.9 Å². The highest BCUT2D eigenvalue weighted by Crippen LogP contribution is 2.30. The van der Waals surface area contributed by atoms with E-state index in [0.29, 0.717) is 37.6 Å². The monoisotopic (exact) mass is 367 g/mol. The van der Waals surface area contributed by atoms with Gasteiger partial charge in [0.2, 0.25) is 0 Å². The number of hydrogen-bond donors (Lipinski definition) is 1. The number of pyridine rings is 1. The molecular formula is C17H20F3N5O. The standard InChI is InChI=1S/C17H20F3N5O/c1-11-3-5-14(21-7-11)23-16(26)24(2)8-12-4-6-15-22-13(17(18,19)20)10-25(15)9-12/h3,5,7,10,12H,4,6,8-9H2,1-2H3,(H,21,23,26)/t12-/m1/s1. The zero-order chi connectivity index (χ0) is 18.9. The number of halogens is 3. The lowest BCUT2D eigenvalue weighted by molar-refractivity contribution is -0.141. The molecule has 0 aromatic carbocycles. The van der Waals surface area contributed by atoms with Crippen molar-refractivity contribution in [1.82, 2.24) is 19.4 Å². The summed E-state index contributed by atoms with van der Waals surface area (Å²) in [6.45, 7) is 2.76. The fourth-order valence-corrected chi connectivity index (χ4v) is 3.02. The number of rotatable bonds is 3. The molecule has 1 aliphatic heterocycles. The van der Waals surface area contributed by atoms with Crippen molar-refractivity contribution in [3.05, 3.63) is 41.6 Å². The van der Waals surface area contributed by atoms with E-state index < -0.39 is 11.9 Å². The maximum atomic E-state index is 12.8. The molecule has 1 atom stereocenters. The summed E-state index contributed by atoms with van der Waals surface area (Å²) in [5.41, 5.74) is 0.137. The number of carbonyl (C=O) groups is 1. The number of urea groups is 1. The Morgan fingerprint density at radius 2 is 2.19 bits per heavy atom. The molecule has 0 saturated carbocycles. The van der Waals surface area contributed by atoms with Gasteiger partial charge in [-0.05, 0) is 30.9 Å². The van der Waals surface area contributed by atoms with Crippen LogP contribution in [0.1, 0.15) is 23.5 Å². The molecule has 0 radical (unpaired) electrons. The van der Waals surface area contributed by atoms with Gasteiger partial charge in [0.15, 0.2) is 5.69 Å². The number of aromatic nitrogens is 3. The van der Waals surface area contributed by atoms with E-state index in [0.717, 1.165) is 11.8 Å². The lowest BCUT2D eigenvalue weighted by Gasteiger charge is -2.28. The van der Waals surface area contributed by atoms with Crippen LogP contribution in [0.15, 0.2) is 24.5 Å². The van der Waals surface area contributed by atoms with Crippen LogP contribution < -0.4 is 5.32 Å². The fourth-order valence-electron chi connectivity index (χ4n) is 3.02. The fraction of sp³-hybridized carbons (Fsp3) is 0.471. The van der Waals surface area contributed by atoms with Crippen molar-refractivity contribution in [2.75, 3.05) is 18.9 Å². The van der Waals surface area contributed by atoms with Gasteiger partial charge in [0.25, 0.3) is 0 Å². The van der Waals surface area contributed by atoms with Crippen LogP contribution >= 0.6 is 0 Å². The molecule has 0 spiro atoms. The third kappa shape index (κ3) is 4.14. The summed E-state index contributed by atoms with van der Waals surface area (Å²) in [6.07, 6.45) is -0.560. The Hall–Kier alpha value is -2.58. The van der Waals surface area contributed by atoms with Crippen molar-refractivity contribution >= 4 is 11.8 Å². The van der Waals surface area contributed by atoms with Gasteiger partial charge in [-0.2, -0.15) is 13.2 Å². The predicted molar refractivity (Wildman–Crippen MR) is 89.7 cm³/mol. The summed E-state index contributed by atoms with van der Waals surface area (Å²) in [5, 5.41) is 2.71. The van der Waals surface area contributed by atoms with Gasteiger partial charge in [-0.15, -0.1) is 0 Å². The van der Waals surface area contributed by atoms with E-state index in [1.165, 1.54) is 4.90 Å². The highest BCUT2D eigenvalue weighted by molar-refractivity contribution is 5.88. The molecule has 0 bridgehead atoms. The van der Waals surface area contributed by atoms with Crippen LogP contribution in [-0.4, -0.2) is 39.1 Å². The van der Waals surface area contributed by atoms with Crippen LogP contribution in [-0.2, 0) is 19.1 Å². The SMILES string of the molecule is Cc1ccc(NC(=O)N(C)C[C@H]2CCc3nc(C(F)(F)F)cn3C2)nc1. The van der Waals surface area contributed by atoms with Gasteiger partial charge >= 0.3 is 12.2 Å². The molecule has 140 valence electrons. The van der Waals surface area contributed by atoms with Crippen LogP contribution in [0.3, 0.4) is 0 Å². The normalized spacial score (nSPS) is 16.9. The maximum absolute atomic E-state index is 12.8. The number of imidazole rings is 1. The second-order valence-electron chi connectivity index (χ2n) is 6.63. The Balaban J connectivity index is 1.58. The molecular weight excluding hydrogens is 347 g/mol. The Kier molecular flexibility index (Phi) is 4.88. The molecule has 2 amide bonds. The maximum Gasteiger partial charge on any atom is 0.434 e. The molecule has 26 heavy (non-hydrogen) atoms.